The first-order valence-electron chi connectivity index (χ1n) is 9.73. The first-order valence-corrected chi connectivity index (χ1v) is 11.2. The van der Waals surface area contributed by atoms with Crippen LogP contribution < -0.4 is 10.1 Å². The third kappa shape index (κ3) is 5.25. The SMILES string of the molecule is CCOc1ccc(NC(=O)/C=C/c2ccc(C)cc2)cc1S(=O)(=O)N1CCCC1. The Bertz CT molecular complexity index is 992. The van der Waals surface area contributed by atoms with Crippen LogP contribution in [0.15, 0.2) is 53.4 Å². The largest absolute Gasteiger partial charge is 0.492 e. The minimum Gasteiger partial charge on any atom is -0.492 e. The van der Waals surface area contributed by atoms with Crippen LogP contribution in [0.4, 0.5) is 5.69 Å². The molecule has 6 nitrogen and oxygen atoms in total. The van der Waals surface area contributed by atoms with E-state index in [9.17, 15) is 13.2 Å². The summed E-state index contributed by atoms with van der Waals surface area (Å²) in [5.41, 5.74) is 2.47. The number of hydrogen-bond donors (Lipinski definition) is 1. The second kappa shape index (κ2) is 9.24. The van der Waals surface area contributed by atoms with Gasteiger partial charge in [0.15, 0.2) is 0 Å². The molecule has 0 unspecified atom stereocenters. The second-order valence-corrected chi connectivity index (χ2v) is 8.85. The van der Waals surface area contributed by atoms with Crippen LogP contribution in [0.3, 0.4) is 0 Å². The number of nitrogens with one attached hydrogen (secondary N) is 1. The van der Waals surface area contributed by atoms with E-state index in [0.717, 1.165) is 24.0 Å². The summed E-state index contributed by atoms with van der Waals surface area (Å²) in [4.78, 5) is 12.4. The Morgan fingerprint density at radius 1 is 1.14 bits per heavy atom. The van der Waals surface area contributed by atoms with Gasteiger partial charge in [-0.3, -0.25) is 4.79 Å². The lowest BCUT2D eigenvalue weighted by Gasteiger charge is -2.19. The molecule has 7 heteroatoms. The summed E-state index contributed by atoms with van der Waals surface area (Å²) in [6.45, 7) is 5.17. The third-order valence-corrected chi connectivity index (χ3v) is 6.62. The van der Waals surface area contributed by atoms with Crippen molar-refractivity contribution in [3.63, 3.8) is 0 Å². The van der Waals surface area contributed by atoms with E-state index in [4.69, 9.17) is 4.74 Å². The number of amides is 1. The Hall–Kier alpha value is -2.64. The highest BCUT2D eigenvalue weighted by atomic mass is 32.2. The summed E-state index contributed by atoms with van der Waals surface area (Å²) >= 11 is 0. The average molecular weight is 415 g/mol. The zero-order valence-corrected chi connectivity index (χ0v) is 17.5. The molecule has 1 aliphatic rings. The summed E-state index contributed by atoms with van der Waals surface area (Å²) in [6.07, 6.45) is 4.84. The van der Waals surface area contributed by atoms with Crippen LogP contribution in [0.5, 0.6) is 5.75 Å². The van der Waals surface area contributed by atoms with Crippen molar-refractivity contribution in [3.05, 3.63) is 59.7 Å². The molecule has 0 aromatic heterocycles. The van der Waals surface area contributed by atoms with E-state index in [1.807, 2.05) is 31.2 Å². The van der Waals surface area contributed by atoms with Gasteiger partial charge in [-0.2, -0.15) is 4.31 Å². The van der Waals surface area contributed by atoms with Crippen molar-refractivity contribution in [2.45, 2.75) is 31.6 Å². The Morgan fingerprint density at radius 3 is 2.48 bits per heavy atom. The maximum Gasteiger partial charge on any atom is 0.248 e. The summed E-state index contributed by atoms with van der Waals surface area (Å²) in [5, 5.41) is 2.73. The number of nitrogens with zero attached hydrogens (tertiary/aromatic N) is 1. The molecule has 0 spiro atoms. The van der Waals surface area contributed by atoms with Gasteiger partial charge in [-0.05, 0) is 56.5 Å². The Labute approximate surface area is 172 Å². The summed E-state index contributed by atoms with van der Waals surface area (Å²) in [5.74, 6) is -0.0353. The fraction of sp³-hybridized carbons (Fsp3) is 0.318. The van der Waals surface area contributed by atoms with Gasteiger partial charge in [0.2, 0.25) is 15.9 Å². The van der Waals surface area contributed by atoms with Crippen LogP contribution in [-0.2, 0) is 14.8 Å². The number of hydrogen-bond acceptors (Lipinski definition) is 4. The van der Waals surface area contributed by atoms with E-state index in [1.165, 1.54) is 16.4 Å². The normalized spacial score (nSPS) is 15.0. The Kier molecular flexibility index (Phi) is 6.71. The highest BCUT2D eigenvalue weighted by Gasteiger charge is 2.30. The monoisotopic (exact) mass is 414 g/mol. The Balaban J connectivity index is 1.80. The van der Waals surface area contributed by atoms with E-state index in [0.29, 0.717) is 31.1 Å². The first-order chi connectivity index (χ1) is 13.9. The maximum absolute atomic E-state index is 13.0. The zero-order chi connectivity index (χ0) is 20.9. The molecule has 1 N–H and O–H groups in total. The lowest BCUT2D eigenvalue weighted by atomic mass is 10.1. The lowest BCUT2D eigenvalue weighted by Crippen LogP contribution is -2.28. The molecule has 0 saturated carbocycles. The van der Waals surface area contributed by atoms with Crippen LogP contribution in [0, 0.1) is 6.92 Å². The third-order valence-electron chi connectivity index (χ3n) is 4.70. The molecule has 0 aliphatic carbocycles. The van der Waals surface area contributed by atoms with Gasteiger partial charge in [0.25, 0.3) is 0 Å². The van der Waals surface area contributed by atoms with Crippen molar-refractivity contribution in [1.29, 1.82) is 0 Å². The molecule has 1 saturated heterocycles. The van der Waals surface area contributed by atoms with E-state index >= 15 is 0 Å². The van der Waals surface area contributed by atoms with Gasteiger partial charge in [0.1, 0.15) is 10.6 Å². The molecule has 1 amide bonds. The smallest absolute Gasteiger partial charge is 0.248 e. The second-order valence-electron chi connectivity index (χ2n) is 6.94. The molecular weight excluding hydrogens is 388 g/mol. The molecule has 0 atom stereocenters. The van der Waals surface area contributed by atoms with E-state index in [-0.39, 0.29) is 10.8 Å². The Morgan fingerprint density at radius 2 is 1.83 bits per heavy atom. The summed E-state index contributed by atoms with van der Waals surface area (Å²) in [6, 6.07) is 12.5. The summed E-state index contributed by atoms with van der Waals surface area (Å²) in [7, 11) is -3.67. The molecule has 3 rings (SSSR count). The van der Waals surface area contributed by atoms with Crippen molar-refractivity contribution < 1.29 is 17.9 Å². The van der Waals surface area contributed by atoms with Crippen molar-refractivity contribution in [3.8, 4) is 5.75 Å². The topological polar surface area (TPSA) is 75.7 Å². The van der Waals surface area contributed by atoms with E-state index in [1.54, 1.807) is 25.1 Å². The highest BCUT2D eigenvalue weighted by molar-refractivity contribution is 7.89. The van der Waals surface area contributed by atoms with Crippen LogP contribution in [0.1, 0.15) is 30.9 Å². The molecule has 1 fully saturated rings. The minimum atomic E-state index is -3.67. The molecule has 0 radical (unpaired) electrons. The van der Waals surface area contributed by atoms with Crippen molar-refractivity contribution in [1.82, 2.24) is 4.31 Å². The van der Waals surface area contributed by atoms with Gasteiger partial charge in [-0.25, -0.2) is 8.42 Å². The van der Waals surface area contributed by atoms with Gasteiger partial charge in [0, 0.05) is 24.9 Å². The van der Waals surface area contributed by atoms with E-state index < -0.39 is 10.0 Å². The van der Waals surface area contributed by atoms with Gasteiger partial charge in [-0.1, -0.05) is 29.8 Å². The standard InChI is InChI=1S/C22H26N2O4S/c1-3-28-20-12-11-19(16-21(20)29(26,27)24-14-4-5-15-24)23-22(25)13-10-18-8-6-17(2)7-9-18/h6-13,16H,3-5,14-15H2,1-2H3,(H,23,25)/b13-10+. The fourth-order valence-electron chi connectivity index (χ4n) is 3.16. The van der Waals surface area contributed by atoms with Crippen LogP contribution >= 0.6 is 0 Å². The maximum atomic E-state index is 13.0. The molecular formula is C22H26N2O4S. The molecule has 0 bridgehead atoms. The van der Waals surface area contributed by atoms with Crippen molar-refractivity contribution in [2.24, 2.45) is 0 Å². The number of aryl methyl sites for hydroxylation is 1. The quantitative estimate of drug-likeness (QED) is 0.699. The van der Waals surface area contributed by atoms with Crippen LogP contribution in [0.2, 0.25) is 0 Å². The number of sulfonamides is 1. The van der Waals surface area contributed by atoms with E-state index in [2.05, 4.69) is 5.32 Å². The van der Waals surface area contributed by atoms with Gasteiger partial charge < -0.3 is 10.1 Å². The first kappa shape index (κ1) is 21.1. The van der Waals surface area contributed by atoms with Gasteiger partial charge >= 0.3 is 0 Å². The van der Waals surface area contributed by atoms with Gasteiger partial charge in [-0.15, -0.1) is 0 Å². The molecule has 29 heavy (non-hydrogen) atoms. The van der Waals surface area contributed by atoms with Crippen molar-refractivity contribution >= 4 is 27.7 Å². The molecule has 1 heterocycles. The fourth-order valence-corrected chi connectivity index (χ4v) is 4.84. The number of carbonyl (C=O) groups is 1. The molecule has 154 valence electrons. The molecule has 2 aromatic rings. The minimum absolute atomic E-state index is 0.0848. The number of anilines is 1. The average Bonchev–Trinajstić information content (AvgIpc) is 3.25. The van der Waals surface area contributed by atoms with Crippen LogP contribution in [-0.4, -0.2) is 38.3 Å². The van der Waals surface area contributed by atoms with Crippen LogP contribution in [0.25, 0.3) is 6.08 Å². The predicted octanol–water partition coefficient (Wildman–Crippen LogP) is 3.83. The zero-order valence-electron chi connectivity index (χ0n) is 16.7. The number of carbonyl (C=O) groups excluding carboxylic acids is 1. The highest BCUT2D eigenvalue weighted by Crippen LogP contribution is 2.31. The van der Waals surface area contributed by atoms with Gasteiger partial charge in [0.05, 0.1) is 6.61 Å². The van der Waals surface area contributed by atoms with Crippen molar-refractivity contribution in [2.75, 3.05) is 25.0 Å². The number of ether oxygens (including phenoxy) is 1. The lowest BCUT2D eigenvalue weighted by molar-refractivity contribution is -0.111. The predicted molar refractivity (Wildman–Crippen MR) is 114 cm³/mol. The number of benzene rings is 2. The number of rotatable bonds is 7. The molecule has 1 aliphatic heterocycles. The molecule has 2 aromatic carbocycles. The summed E-state index contributed by atoms with van der Waals surface area (Å²) < 4.78 is 33.0.